The minimum Gasteiger partial charge on any atom is -0.352 e. The summed E-state index contributed by atoms with van der Waals surface area (Å²) in [5.41, 5.74) is 7.86. The average Bonchev–Trinajstić information content (AvgIpc) is 2.74. The highest BCUT2D eigenvalue weighted by atomic mass is 16.1. The van der Waals surface area contributed by atoms with Crippen LogP contribution < -0.4 is 11.1 Å². The smallest absolute Gasteiger partial charge is 0.223 e. The Hall–Kier alpha value is -1.35. The SMILES string of the molecule is NCc1cccc(CNC(=O)C2CCCCCC2)c1. The van der Waals surface area contributed by atoms with Gasteiger partial charge in [0.05, 0.1) is 0 Å². The van der Waals surface area contributed by atoms with Crippen LogP contribution >= 0.6 is 0 Å². The third kappa shape index (κ3) is 4.35. The summed E-state index contributed by atoms with van der Waals surface area (Å²) in [7, 11) is 0. The summed E-state index contributed by atoms with van der Waals surface area (Å²) in [4.78, 5) is 12.1. The van der Waals surface area contributed by atoms with Crippen molar-refractivity contribution in [2.75, 3.05) is 0 Å². The van der Waals surface area contributed by atoms with E-state index >= 15 is 0 Å². The molecule has 1 aliphatic carbocycles. The molecule has 0 aromatic heterocycles. The molecule has 104 valence electrons. The van der Waals surface area contributed by atoms with E-state index in [0.717, 1.165) is 24.0 Å². The summed E-state index contributed by atoms with van der Waals surface area (Å²) in [6, 6.07) is 8.10. The normalized spacial score (nSPS) is 16.9. The number of carbonyl (C=O) groups excluding carboxylic acids is 1. The van der Waals surface area contributed by atoms with E-state index in [2.05, 4.69) is 11.4 Å². The first-order valence-corrected chi connectivity index (χ1v) is 7.35. The quantitative estimate of drug-likeness (QED) is 0.818. The minimum atomic E-state index is 0.222. The van der Waals surface area contributed by atoms with Crippen LogP contribution in [0.2, 0.25) is 0 Å². The molecule has 3 nitrogen and oxygen atoms in total. The molecule has 0 heterocycles. The molecule has 2 rings (SSSR count). The molecule has 0 aliphatic heterocycles. The summed E-state index contributed by atoms with van der Waals surface area (Å²) in [6.45, 7) is 1.16. The molecular formula is C16H24N2O. The average molecular weight is 260 g/mol. The fourth-order valence-electron chi connectivity index (χ4n) is 2.74. The molecule has 1 fully saturated rings. The lowest BCUT2D eigenvalue weighted by molar-refractivity contribution is -0.125. The van der Waals surface area contributed by atoms with Gasteiger partial charge in [-0.3, -0.25) is 4.79 Å². The molecule has 0 unspecified atom stereocenters. The van der Waals surface area contributed by atoms with E-state index in [9.17, 15) is 4.79 Å². The molecule has 0 spiro atoms. The lowest BCUT2D eigenvalue weighted by Gasteiger charge is -2.14. The second-order valence-corrected chi connectivity index (χ2v) is 5.43. The summed E-state index contributed by atoms with van der Waals surface area (Å²) < 4.78 is 0. The van der Waals surface area contributed by atoms with Crippen LogP contribution in [0.4, 0.5) is 0 Å². The van der Waals surface area contributed by atoms with E-state index in [0.29, 0.717) is 13.1 Å². The van der Waals surface area contributed by atoms with E-state index in [4.69, 9.17) is 5.73 Å². The van der Waals surface area contributed by atoms with Crippen molar-refractivity contribution in [2.24, 2.45) is 11.7 Å². The van der Waals surface area contributed by atoms with Gasteiger partial charge in [-0.1, -0.05) is 49.9 Å². The monoisotopic (exact) mass is 260 g/mol. The highest BCUT2D eigenvalue weighted by Gasteiger charge is 2.19. The molecule has 1 amide bonds. The van der Waals surface area contributed by atoms with Crippen LogP contribution in [0.15, 0.2) is 24.3 Å². The Labute approximate surface area is 115 Å². The first-order valence-electron chi connectivity index (χ1n) is 7.35. The molecule has 0 saturated heterocycles. The zero-order valence-electron chi connectivity index (χ0n) is 11.5. The first kappa shape index (κ1) is 14.1. The van der Waals surface area contributed by atoms with Gasteiger partial charge >= 0.3 is 0 Å². The predicted molar refractivity (Wildman–Crippen MR) is 77.4 cm³/mol. The van der Waals surface area contributed by atoms with Crippen molar-refractivity contribution >= 4 is 5.91 Å². The van der Waals surface area contributed by atoms with Crippen molar-refractivity contribution in [3.63, 3.8) is 0 Å². The fourth-order valence-corrected chi connectivity index (χ4v) is 2.74. The highest BCUT2D eigenvalue weighted by Crippen LogP contribution is 2.22. The Balaban J connectivity index is 1.84. The van der Waals surface area contributed by atoms with Gasteiger partial charge < -0.3 is 11.1 Å². The van der Waals surface area contributed by atoms with Gasteiger partial charge in [-0.15, -0.1) is 0 Å². The Morgan fingerprint density at radius 2 is 1.84 bits per heavy atom. The largest absolute Gasteiger partial charge is 0.352 e. The summed E-state index contributed by atoms with van der Waals surface area (Å²) >= 11 is 0. The minimum absolute atomic E-state index is 0.222. The second-order valence-electron chi connectivity index (χ2n) is 5.43. The van der Waals surface area contributed by atoms with Crippen LogP contribution in [0.3, 0.4) is 0 Å². The number of benzene rings is 1. The van der Waals surface area contributed by atoms with E-state index in [1.807, 2.05) is 18.2 Å². The van der Waals surface area contributed by atoms with Crippen LogP contribution in [0.5, 0.6) is 0 Å². The van der Waals surface area contributed by atoms with Gasteiger partial charge in [-0.05, 0) is 24.0 Å². The maximum Gasteiger partial charge on any atom is 0.223 e. The molecule has 1 aromatic rings. The van der Waals surface area contributed by atoms with Crippen molar-refractivity contribution in [2.45, 2.75) is 51.6 Å². The third-order valence-electron chi connectivity index (χ3n) is 3.92. The number of rotatable bonds is 4. The number of carbonyl (C=O) groups is 1. The van der Waals surface area contributed by atoms with Crippen LogP contribution in [-0.2, 0) is 17.9 Å². The predicted octanol–water partition coefficient (Wildman–Crippen LogP) is 2.73. The fraction of sp³-hybridized carbons (Fsp3) is 0.562. The van der Waals surface area contributed by atoms with E-state index < -0.39 is 0 Å². The summed E-state index contributed by atoms with van der Waals surface area (Å²) in [6.07, 6.45) is 7.05. The molecule has 1 saturated carbocycles. The number of nitrogens with two attached hydrogens (primary N) is 1. The molecule has 0 atom stereocenters. The van der Waals surface area contributed by atoms with Crippen molar-refractivity contribution in [3.8, 4) is 0 Å². The maximum atomic E-state index is 12.1. The van der Waals surface area contributed by atoms with Gasteiger partial charge in [0.15, 0.2) is 0 Å². The van der Waals surface area contributed by atoms with Crippen LogP contribution in [0, 0.1) is 5.92 Å². The lowest BCUT2D eigenvalue weighted by atomic mass is 9.99. The number of hydrogen-bond acceptors (Lipinski definition) is 2. The van der Waals surface area contributed by atoms with Gasteiger partial charge in [0.1, 0.15) is 0 Å². The summed E-state index contributed by atoms with van der Waals surface area (Å²) in [5.74, 6) is 0.445. The van der Waals surface area contributed by atoms with Crippen LogP contribution in [0.1, 0.15) is 49.7 Å². The zero-order chi connectivity index (χ0) is 13.5. The van der Waals surface area contributed by atoms with Crippen molar-refractivity contribution in [1.29, 1.82) is 0 Å². The van der Waals surface area contributed by atoms with Gasteiger partial charge in [0.25, 0.3) is 0 Å². The van der Waals surface area contributed by atoms with Crippen molar-refractivity contribution in [3.05, 3.63) is 35.4 Å². The van der Waals surface area contributed by atoms with E-state index in [1.54, 1.807) is 0 Å². The number of nitrogens with one attached hydrogen (secondary N) is 1. The molecule has 3 N–H and O–H groups in total. The molecule has 1 aromatic carbocycles. The summed E-state index contributed by atoms with van der Waals surface area (Å²) in [5, 5.41) is 3.07. The second kappa shape index (κ2) is 7.29. The first-order chi connectivity index (χ1) is 9.29. The van der Waals surface area contributed by atoms with Crippen molar-refractivity contribution < 1.29 is 4.79 Å². The lowest BCUT2D eigenvalue weighted by Crippen LogP contribution is -2.30. The van der Waals surface area contributed by atoms with E-state index in [1.165, 1.54) is 25.7 Å². The third-order valence-corrected chi connectivity index (χ3v) is 3.92. The Bertz CT molecular complexity index is 409. The Morgan fingerprint density at radius 3 is 2.53 bits per heavy atom. The Morgan fingerprint density at radius 1 is 1.16 bits per heavy atom. The standard InChI is InChI=1S/C16H24N2O/c17-11-13-6-5-7-14(10-13)12-18-16(19)15-8-3-1-2-4-9-15/h5-7,10,15H,1-4,8-9,11-12,17H2,(H,18,19). The molecular weight excluding hydrogens is 236 g/mol. The van der Waals surface area contributed by atoms with Crippen LogP contribution in [-0.4, -0.2) is 5.91 Å². The Kier molecular flexibility index (Phi) is 5.40. The molecule has 1 aliphatic rings. The number of hydrogen-bond donors (Lipinski definition) is 2. The van der Waals surface area contributed by atoms with Gasteiger partial charge in [-0.25, -0.2) is 0 Å². The maximum absolute atomic E-state index is 12.1. The van der Waals surface area contributed by atoms with Gasteiger partial charge in [0, 0.05) is 19.0 Å². The molecule has 0 radical (unpaired) electrons. The van der Waals surface area contributed by atoms with Crippen LogP contribution in [0.25, 0.3) is 0 Å². The zero-order valence-corrected chi connectivity index (χ0v) is 11.5. The molecule has 19 heavy (non-hydrogen) atoms. The highest BCUT2D eigenvalue weighted by molar-refractivity contribution is 5.78. The van der Waals surface area contributed by atoms with Gasteiger partial charge in [-0.2, -0.15) is 0 Å². The topological polar surface area (TPSA) is 55.1 Å². The molecule has 0 bridgehead atoms. The molecule has 3 heteroatoms. The van der Waals surface area contributed by atoms with E-state index in [-0.39, 0.29) is 11.8 Å². The van der Waals surface area contributed by atoms with Crippen molar-refractivity contribution in [1.82, 2.24) is 5.32 Å². The van der Waals surface area contributed by atoms with Gasteiger partial charge in [0.2, 0.25) is 5.91 Å². The number of amides is 1.